The Balaban J connectivity index is 1.79. The molecule has 0 bridgehead atoms. The summed E-state index contributed by atoms with van der Waals surface area (Å²) in [5, 5.41) is 1.06. The molecular weight excluding hydrogens is 300 g/mol. The molecule has 0 saturated carbocycles. The normalized spacial score (nSPS) is 23.2. The molecule has 2 aliphatic rings. The Hall–Kier alpha value is -0.980. The molecule has 1 amide bonds. The van der Waals surface area contributed by atoms with E-state index >= 15 is 0 Å². The van der Waals surface area contributed by atoms with Gasteiger partial charge in [0.1, 0.15) is 4.88 Å². The van der Waals surface area contributed by atoms with E-state index in [4.69, 9.17) is 9.47 Å². The third-order valence-corrected chi connectivity index (χ3v) is 5.48. The first-order valence-electron chi connectivity index (χ1n) is 8.21. The third-order valence-electron chi connectivity index (χ3n) is 4.27. The van der Waals surface area contributed by atoms with Gasteiger partial charge in [-0.3, -0.25) is 4.79 Å². The summed E-state index contributed by atoms with van der Waals surface area (Å²) < 4.78 is 11.3. The second-order valence-corrected chi connectivity index (χ2v) is 7.03. The first kappa shape index (κ1) is 15.9. The third kappa shape index (κ3) is 3.19. The maximum Gasteiger partial charge on any atom is 0.266 e. The van der Waals surface area contributed by atoms with Gasteiger partial charge in [0.05, 0.1) is 30.0 Å². The molecule has 6 heteroatoms. The Kier molecular flexibility index (Phi) is 5.10. The summed E-state index contributed by atoms with van der Waals surface area (Å²) in [5.74, 6) is 0.0983. The van der Waals surface area contributed by atoms with Gasteiger partial charge in [0.15, 0.2) is 6.29 Å². The van der Waals surface area contributed by atoms with Crippen LogP contribution in [-0.4, -0.2) is 47.9 Å². The van der Waals surface area contributed by atoms with Crippen molar-refractivity contribution >= 4 is 17.2 Å². The van der Waals surface area contributed by atoms with Gasteiger partial charge in [0, 0.05) is 6.54 Å². The smallest absolute Gasteiger partial charge is 0.266 e. The van der Waals surface area contributed by atoms with Crippen LogP contribution in [0.15, 0.2) is 0 Å². The number of carbonyl (C=O) groups excluding carboxylic acids is 1. The van der Waals surface area contributed by atoms with Gasteiger partial charge >= 0.3 is 0 Å². The van der Waals surface area contributed by atoms with Crippen LogP contribution in [0.4, 0.5) is 0 Å². The van der Waals surface area contributed by atoms with E-state index in [0.717, 1.165) is 54.2 Å². The van der Waals surface area contributed by atoms with E-state index in [1.54, 1.807) is 11.3 Å². The van der Waals surface area contributed by atoms with Gasteiger partial charge < -0.3 is 14.4 Å². The van der Waals surface area contributed by atoms with Crippen LogP contribution in [0.2, 0.25) is 0 Å². The van der Waals surface area contributed by atoms with Crippen LogP contribution >= 0.6 is 11.3 Å². The molecule has 3 heterocycles. The standard InChI is InChI=1S/C16H24N2O3S/c1-3-6-13-17-11(2)14(22-13)15(19)18-8-5-4-7-12(18)16-20-9-10-21-16/h12,16H,3-10H2,1-2H3. The molecule has 1 unspecified atom stereocenters. The number of piperidine rings is 1. The average Bonchev–Trinajstić information content (AvgIpc) is 3.17. The van der Waals surface area contributed by atoms with Gasteiger partial charge in [0.2, 0.25) is 0 Å². The largest absolute Gasteiger partial charge is 0.348 e. The van der Waals surface area contributed by atoms with Crippen molar-refractivity contribution in [2.75, 3.05) is 19.8 Å². The molecule has 0 aromatic carbocycles. The molecule has 2 saturated heterocycles. The number of aryl methyl sites for hydroxylation is 2. The number of hydrogen-bond donors (Lipinski definition) is 0. The van der Waals surface area contributed by atoms with Crippen molar-refractivity contribution in [1.29, 1.82) is 0 Å². The number of aromatic nitrogens is 1. The van der Waals surface area contributed by atoms with Crippen molar-refractivity contribution in [1.82, 2.24) is 9.88 Å². The van der Waals surface area contributed by atoms with Gasteiger partial charge in [0.25, 0.3) is 5.91 Å². The highest BCUT2D eigenvalue weighted by Gasteiger charge is 2.37. The fourth-order valence-corrected chi connectivity index (χ4v) is 4.32. The maximum atomic E-state index is 13.0. The predicted molar refractivity (Wildman–Crippen MR) is 85.2 cm³/mol. The molecule has 22 heavy (non-hydrogen) atoms. The summed E-state index contributed by atoms with van der Waals surface area (Å²) >= 11 is 1.55. The van der Waals surface area contributed by atoms with E-state index in [0.29, 0.717) is 13.2 Å². The highest BCUT2D eigenvalue weighted by Crippen LogP contribution is 2.28. The monoisotopic (exact) mass is 324 g/mol. The lowest BCUT2D eigenvalue weighted by Gasteiger charge is -2.37. The van der Waals surface area contributed by atoms with Crippen LogP contribution in [0, 0.1) is 6.92 Å². The van der Waals surface area contributed by atoms with E-state index in [1.165, 1.54) is 0 Å². The summed E-state index contributed by atoms with van der Waals surface area (Å²) in [6, 6.07) is 0.0416. The molecule has 5 nitrogen and oxygen atoms in total. The number of thiazole rings is 1. The maximum absolute atomic E-state index is 13.0. The molecule has 2 fully saturated rings. The second kappa shape index (κ2) is 7.06. The van der Waals surface area contributed by atoms with Crippen LogP contribution in [-0.2, 0) is 15.9 Å². The van der Waals surface area contributed by atoms with Crippen LogP contribution < -0.4 is 0 Å². The van der Waals surface area contributed by atoms with E-state index in [2.05, 4.69) is 11.9 Å². The zero-order valence-electron chi connectivity index (χ0n) is 13.3. The second-order valence-electron chi connectivity index (χ2n) is 5.94. The highest BCUT2D eigenvalue weighted by atomic mass is 32.1. The van der Waals surface area contributed by atoms with Crippen molar-refractivity contribution in [3.63, 3.8) is 0 Å². The summed E-state index contributed by atoms with van der Waals surface area (Å²) in [6.45, 7) is 6.11. The molecule has 0 spiro atoms. The van der Waals surface area contributed by atoms with Gasteiger partial charge in [-0.05, 0) is 39.0 Å². The van der Waals surface area contributed by atoms with Gasteiger partial charge in [-0.25, -0.2) is 4.98 Å². The van der Waals surface area contributed by atoms with Crippen molar-refractivity contribution in [3.8, 4) is 0 Å². The van der Waals surface area contributed by atoms with Crippen molar-refractivity contribution in [2.45, 2.75) is 58.3 Å². The number of likely N-dealkylation sites (tertiary alicyclic amines) is 1. The molecule has 122 valence electrons. The van der Waals surface area contributed by atoms with Gasteiger partial charge in [-0.15, -0.1) is 11.3 Å². The Morgan fingerprint density at radius 1 is 1.36 bits per heavy atom. The number of carbonyl (C=O) groups is 1. The SMILES string of the molecule is CCCc1nc(C)c(C(=O)N2CCCCC2C2OCCO2)s1. The Morgan fingerprint density at radius 3 is 2.86 bits per heavy atom. The summed E-state index contributed by atoms with van der Waals surface area (Å²) in [6.07, 6.45) is 4.87. The summed E-state index contributed by atoms with van der Waals surface area (Å²) in [5.41, 5.74) is 0.857. The first-order valence-corrected chi connectivity index (χ1v) is 9.03. The number of amides is 1. The first-order chi connectivity index (χ1) is 10.7. The van der Waals surface area contributed by atoms with E-state index in [9.17, 15) is 4.79 Å². The number of hydrogen-bond acceptors (Lipinski definition) is 5. The van der Waals surface area contributed by atoms with Gasteiger partial charge in [-0.1, -0.05) is 6.92 Å². The van der Waals surface area contributed by atoms with E-state index < -0.39 is 0 Å². The lowest BCUT2D eigenvalue weighted by molar-refractivity contribution is -0.100. The fraction of sp³-hybridized carbons (Fsp3) is 0.750. The zero-order chi connectivity index (χ0) is 15.5. The Morgan fingerprint density at radius 2 is 2.14 bits per heavy atom. The zero-order valence-corrected chi connectivity index (χ0v) is 14.2. The number of nitrogens with zero attached hydrogens (tertiary/aromatic N) is 2. The molecule has 1 atom stereocenters. The summed E-state index contributed by atoms with van der Waals surface area (Å²) in [7, 11) is 0. The number of ether oxygens (including phenoxy) is 2. The highest BCUT2D eigenvalue weighted by molar-refractivity contribution is 7.13. The minimum atomic E-state index is -0.257. The average molecular weight is 324 g/mol. The van der Waals surface area contributed by atoms with E-state index in [1.807, 2.05) is 11.8 Å². The number of rotatable bonds is 4. The molecular formula is C16H24N2O3S. The molecule has 0 N–H and O–H groups in total. The Bertz CT molecular complexity index is 525. The van der Waals surface area contributed by atoms with E-state index in [-0.39, 0.29) is 18.2 Å². The van der Waals surface area contributed by atoms with Gasteiger partial charge in [-0.2, -0.15) is 0 Å². The molecule has 1 aromatic rings. The molecule has 2 aliphatic heterocycles. The fourth-order valence-electron chi connectivity index (χ4n) is 3.19. The Labute approximate surface area is 135 Å². The minimum Gasteiger partial charge on any atom is -0.348 e. The van der Waals surface area contributed by atoms with Crippen LogP contribution in [0.1, 0.15) is 53.0 Å². The molecule has 1 aromatic heterocycles. The molecule has 0 aliphatic carbocycles. The molecule has 0 radical (unpaired) electrons. The predicted octanol–water partition coefficient (Wildman–Crippen LogP) is 2.77. The van der Waals surface area contributed by atoms with Crippen LogP contribution in [0.25, 0.3) is 0 Å². The lowest BCUT2D eigenvalue weighted by Crippen LogP contribution is -2.50. The van der Waals surface area contributed by atoms with Crippen molar-refractivity contribution in [2.24, 2.45) is 0 Å². The minimum absolute atomic E-state index is 0.0416. The van der Waals surface area contributed by atoms with Crippen molar-refractivity contribution in [3.05, 3.63) is 15.6 Å². The van der Waals surface area contributed by atoms with Crippen LogP contribution in [0.3, 0.4) is 0 Å². The lowest BCUT2D eigenvalue weighted by atomic mass is 10.0. The molecule has 3 rings (SSSR count). The topological polar surface area (TPSA) is 51.7 Å². The van der Waals surface area contributed by atoms with Crippen molar-refractivity contribution < 1.29 is 14.3 Å². The van der Waals surface area contributed by atoms with Crippen LogP contribution in [0.5, 0.6) is 0 Å². The quantitative estimate of drug-likeness (QED) is 0.854. The summed E-state index contributed by atoms with van der Waals surface area (Å²) in [4.78, 5) is 20.3.